The molecule has 8 heteroatoms. The van der Waals surface area contributed by atoms with Crippen LogP contribution in [0.15, 0.2) is 24.3 Å². The topological polar surface area (TPSA) is 50.8 Å². The second kappa shape index (κ2) is 6.43. The molecule has 1 aliphatic rings. The van der Waals surface area contributed by atoms with Gasteiger partial charge >= 0.3 is 12.4 Å². The molecule has 0 aromatic heterocycles. The van der Waals surface area contributed by atoms with Crippen molar-refractivity contribution >= 4 is 11.7 Å². The summed E-state index contributed by atoms with van der Waals surface area (Å²) in [5, 5.41) is 2.64. The van der Waals surface area contributed by atoms with Crippen LogP contribution in [0, 0.1) is 0 Å². The number of ether oxygens (including phenoxy) is 2. The van der Waals surface area contributed by atoms with Gasteiger partial charge in [-0.25, -0.2) is 4.79 Å². The van der Waals surface area contributed by atoms with Crippen LogP contribution in [0.2, 0.25) is 0 Å². The Morgan fingerprint density at radius 3 is 2.27 bits per heavy atom. The van der Waals surface area contributed by atoms with Crippen molar-refractivity contribution in [1.29, 1.82) is 0 Å². The van der Waals surface area contributed by atoms with Crippen molar-refractivity contribution in [3.8, 4) is 5.75 Å². The van der Waals surface area contributed by atoms with E-state index in [0.717, 1.165) is 12.1 Å². The molecule has 5 nitrogen and oxygen atoms in total. The smallest absolute Gasteiger partial charge is 0.406 e. The Balaban J connectivity index is 1.94. The van der Waals surface area contributed by atoms with Crippen LogP contribution in [0.1, 0.15) is 13.8 Å². The van der Waals surface area contributed by atoms with Crippen molar-refractivity contribution < 1.29 is 27.4 Å². The summed E-state index contributed by atoms with van der Waals surface area (Å²) in [6.45, 7) is 4.68. The number of rotatable bonds is 2. The van der Waals surface area contributed by atoms with Crippen molar-refractivity contribution in [3.63, 3.8) is 0 Å². The largest absolute Gasteiger partial charge is 0.573 e. The van der Waals surface area contributed by atoms with Crippen molar-refractivity contribution in [2.24, 2.45) is 0 Å². The Labute approximate surface area is 126 Å². The average molecular weight is 318 g/mol. The van der Waals surface area contributed by atoms with Crippen LogP contribution in [0.4, 0.5) is 23.7 Å². The van der Waals surface area contributed by atoms with Gasteiger partial charge in [0.25, 0.3) is 0 Å². The molecule has 122 valence electrons. The Kier molecular flexibility index (Phi) is 4.80. The number of carbonyl (C=O) groups excluding carboxylic acids is 1. The van der Waals surface area contributed by atoms with Crippen LogP contribution in [0.25, 0.3) is 0 Å². The Morgan fingerprint density at radius 1 is 1.23 bits per heavy atom. The molecule has 0 saturated carbocycles. The minimum Gasteiger partial charge on any atom is -0.406 e. The number of alkyl halides is 3. The van der Waals surface area contributed by atoms with Gasteiger partial charge in [0.1, 0.15) is 5.75 Å². The van der Waals surface area contributed by atoms with Crippen LogP contribution in [-0.4, -0.2) is 42.6 Å². The summed E-state index contributed by atoms with van der Waals surface area (Å²) >= 11 is 0. The zero-order valence-corrected chi connectivity index (χ0v) is 12.2. The van der Waals surface area contributed by atoms with E-state index in [1.165, 1.54) is 12.1 Å². The molecule has 0 bridgehead atoms. The average Bonchev–Trinajstić information content (AvgIpc) is 2.38. The minimum atomic E-state index is -4.73. The number of anilines is 1. The predicted octanol–water partition coefficient (Wildman–Crippen LogP) is 3.23. The van der Waals surface area contributed by atoms with Gasteiger partial charge in [-0.15, -0.1) is 13.2 Å². The molecular weight excluding hydrogens is 301 g/mol. The molecule has 1 aromatic carbocycles. The summed E-state index contributed by atoms with van der Waals surface area (Å²) < 4.78 is 45.5. The molecule has 1 heterocycles. The second-order valence-electron chi connectivity index (χ2n) is 5.16. The third kappa shape index (κ3) is 4.80. The van der Waals surface area contributed by atoms with Crippen LogP contribution < -0.4 is 10.1 Å². The second-order valence-corrected chi connectivity index (χ2v) is 5.16. The normalized spacial score (nSPS) is 22.3. The van der Waals surface area contributed by atoms with Gasteiger partial charge in [-0.3, -0.25) is 0 Å². The highest BCUT2D eigenvalue weighted by atomic mass is 19.4. The number of benzene rings is 1. The summed E-state index contributed by atoms with van der Waals surface area (Å²) in [4.78, 5) is 13.7. The highest BCUT2D eigenvalue weighted by Crippen LogP contribution is 2.24. The highest BCUT2D eigenvalue weighted by molar-refractivity contribution is 5.89. The lowest BCUT2D eigenvalue weighted by atomic mass is 10.2. The van der Waals surface area contributed by atoms with Crippen LogP contribution >= 0.6 is 0 Å². The van der Waals surface area contributed by atoms with E-state index in [1.54, 1.807) is 4.90 Å². The molecule has 2 atom stereocenters. The van der Waals surface area contributed by atoms with Crippen molar-refractivity contribution in [3.05, 3.63) is 24.3 Å². The number of hydrogen-bond donors (Lipinski definition) is 1. The van der Waals surface area contributed by atoms with Gasteiger partial charge < -0.3 is 19.7 Å². The SMILES string of the molecule is C[C@@H]1CN(C(=O)Nc2ccc(OC(F)(F)F)cc2)C[C@H](C)O1. The van der Waals surface area contributed by atoms with E-state index in [4.69, 9.17) is 4.74 Å². The highest BCUT2D eigenvalue weighted by Gasteiger charge is 2.31. The molecule has 2 rings (SSSR count). The molecule has 1 fully saturated rings. The number of urea groups is 1. The first kappa shape index (κ1) is 16.4. The molecular formula is C14H17F3N2O3. The molecule has 1 aromatic rings. The Bertz CT molecular complexity index is 509. The monoisotopic (exact) mass is 318 g/mol. The lowest BCUT2D eigenvalue weighted by Gasteiger charge is -2.35. The molecule has 22 heavy (non-hydrogen) atoms. The number of nitrogens with one attached hydrogen (secondary N) is 1. The fourth-order valence-corrected chi connectivity index (χ4v) is 2.29. The van der Waals surface area contributed by atoms with E-state index < -0.39 is 6.36 Å². The number of morpholine rings is 1. The fraction of sp³-hybridized carbons (Fsp3) is 0.500. The van der Waals surface area contributed by atoms with Gasteiger partial charge in [0.15, 0.2) is 0 Å². The lowest BCUT2D eigenvalue weighted by Crippen LogP contribution is -2.49. The molecule has 0 radical (unpaired) electrons. The molecule has 0 aliphatic carbocycles. The van der Waals surface area contributed by atoms with Crippen molar-refractivity contribution in [2.75, 3.05) is 18.4 Å². The first-order valence-electron chi connectivity index (χ1n) is 6.80. The maximum absolute atomic E-state index is 12.1. The van der Waals surface area contributed by atoms with Crippen LogP contribution in [0.5, 0.6) is 5.75 Å². The number of nitrogens with zero attached hydrogens (tertiary/aromatic N) is 1. The zero-order valence-electron chi connectivity index (χ0n) is 12.2. The van der Waals surface area contributed by atoms with E-state index in [-0.39, 0.29) is 24.0 Å². The minimum absolute atomic E-state index is 0.0583. The van der Waals surface area contributed by atoms with E-state index in [2.05, 4.69) is 10.1 Å². The number of hydrogen-bond acceptors (Lipinski definition) is 3. The molecule has 1 aliphatic heterocycles. The van der Waals surface area contributed by atoms with Crippen molar-refractivity contribution in [2.45, 2.75) is 32.4 Å². The molecule has 0 unspecified atom stereocenters. The molecule has 1 N–H and O–H groups in total. The standard InChI is InChI=1S/C14H17F3N2O3/c1-9-7-19(8-10(2)21-9)13(20)18-11-3-5-12(6-4-11)22-14(15,16)17/h3-6,9-10H,7-8H2,1-2H3,(H,18,20)/t9-,10+. The number of amides is 2. The third-order valence-corrected chi connectivity index (χ3v) is 3.05. The van der Waals surface area contributed by atoms with Gasteiger partial charge in [-0.2, -0.15) is 0 Å². The Morgan fingerprint density at radius 2 is 1.77 bits per heavy atom. The molecule has 0 spiro atoms. The van der Waals surface area contributed by atoms with Crippen molar-refractivity contribution in [1.82, 2.24) is 4.90 Å². The van der Waals surface area contributed by atoms with Gasteiger partial charge in [-0.05, 0) is 38.1 Å². The van der Waals surface area contributed by atoms with E-state index in [1.807, 2.05) is 13.8 Å². The summed E-state index contributed by atoms with van der Waals surface area (Å²) in [6, 6.07) is 4.69. The van der Waals surface area contributed by atoms with Gasteiger partial charge in [0, 0.05) is 18.8 Å². The van der Waals surface area contributed by atoms with Gasteiger partial charge in [0.05, 0.1) is 12.2 Å². The maximum Gasteiger partial charge on any atom is 0.573 e. The molecule has 2 amide bonds. The summed E-state index contributed by atoms with van der Waals surface area (Å²) in [6.07, 6.45) is -4.85. The first-order valence-corrected chi connectivity index (χ1v) is 6.80. The number of carbonyl (C=O) groups is 1. The quantitative estimate of drug-likeness (QED) is 0.911. The third-order valence-electron chi connectivity index (χ3n) is 3.05. The van der Waals surface area contributed by atoms with Crippen LogP contribution in [0.3, 0.4) is 0 Å². The first-order chi connectivity index (χ1) is 10.2. The molecule has 1 saturated heterocycles. The van der Waals surface area contributed by atoms with E-state index in [9.17, 15) is 18.0 Å². The zero-order chi connectivity index (χ0) is 16.3. The van der Waals surface area contributed by atoms with Gasteiger partial charge in [0.2, 0.25) is 0 Å². The van der Waals surface area contributed by atoms with Gasteiger partial charge in [-0.1, -0.05) is 0 Å². The van der Waals surface area contributed by atoms with E-state index >= 15 is 0 Å². The number of halogens is 3. The lowest BCUT2D eigenvalue weighted by molar-refractivity contribution is -0.274. The predicted molar refractivity (Wildman–Crippen MR) is 73.7 cm³/mol. The van der Waals surface area contributed by atoms with Crippen LogP contribution in [-0.2, 0) is 4.74 Å². The Hall–Kier alpha value is -1.96. The summed E-state index contributed by atoms with van der Waals surface area (Å²) in [5.41, 5.74) is 0.395. The fourth-order valence-electron chi connectivity index (χ4n) is 2.29. The van der Waals surface area contributed by atoms with E-state index in [0.29, 0.717) is 18.8 Å². The summed E-state index contributed by atoms with van der Waals surface area (Å²) in [5.74, 6) is -0.334. The summed E-state index contributed by atoms with van der Waals surface area (Å²) in [7, 11) is 0. The maximum atomic E-state index is 12.1.